The monoisotopic (exact) mass is 285 g/mol. The highest BCUT2D eigenvalue weighted by Gasteiger charge is 2.30. The molecule has 0 N–H and O–H groups in total. The van der Waals surface area contributed by atoms with Gasteiger partial charge in [0.25, 0.3) is 5.89 Å². The molecule has 0 aliphatic carbocycles. The molecule has 0 aliphatic rings. The fraction of sp³-hybridized carbons (Fsp3) is 0.438. The summed E-state index contributed by atoms with van der Waals surface area (Å²) in [6.07, 6.45) is -0.242. The van der Waals surface area contributed by atoms with Gasteiger partial charge >= 0.3 is 0 Å². The molecule has 0 bridgehead atoms. The first-order valence-corrected chi connectivity index (χ1v) is 6.74. The molecule has 0 saturated heterocycles. The van der Waals surface area contributed by atoms with Crippen LogP contribution in [0.25, 0.3) is 11.5 Å². The Morgan fingerprint density at radius 2 is 2.05 bits per heavy atom. The number of ether oxygens (including phenoxy) is 1. The van der Waals surface area contributed by atoms with Crippen molar-refractivity contribution in [1.82, 2.24) is 10.1 Å². The Kier molecular flexibility index (Phi) is 4.10. The molecule has 0 aliphatic heterocycles. The molecule has 0 amide bonds. The molecular formula is C16H19N3O2. The van der Waals surface area contributed by atoms with E-state index in [4.69, 9.17) is 14.5 Å². The molecule has 1 aromatic heterocycles. The molecular weight excluding hydrogens is 266 g/mol. The Hall–Kier alpha value is -2.19. The largest absolute Gasteiger partial charge is 0.373 e. The molecule has 0 spiro atoms. The molecule has 5 nitrogen and oxygen atoms in total. The summed E-state index contributed by atoms with van der Waals surface area (Å²) in [5, 5.41) is 12.9. The van der Waals surface area contributed by atoms with Gasteiger partial charge in [0.15, 0.2) is 0 Å². The van der Waals surface area contributed by atoms with E-state index in [9.17, 15) is 0 Å². The van der Waals surface area contributed by atoms with Crippen LogP contribution in [0.5, 0.6) is 0 Å². The highest BCUT2D eigenvalue weighted by atomic mass is 16.5. The van der Waals surface area contributed by atoms with Gasteiger partial charge in [-0.3, -0.25) is 0 Å². The average molecular weight is 285 g/mol. The maximum Gasteiger partial charge on any atom is 0.258 e. The minimum Gasteiger partial charge on any atom is -0.373 e. The van der Waals surface area contributed by atoms with Gasteiger partial charge < -0.3 is 9.26 Å². The summed E-state index contributed by atoms with van der Waals surface area (Å²) in [6, 6.07) is 7.48. The van der Waals surface area contributed by atoms with E-state index < -0.39 is 0 Å². The number of aryl methyl sites for hydroxylation is 1. The van der Waals surface area contributed by atoms with Gasteiger partial charge in [-0.25, -0.2) is 0 Å². The third-order valence-electron chi connectivity index (χ3n) is 3.28. The molecule has 1 unspecified atom stereocenters. The van der Waals surface area contributed by atoms with Gasteiger partial charge in [-0.05, 0) is 36.1 Å². The third-order valence-corrected chi connectivity index (χ3v) is 3.28. The Morgan fingerprint density at radius 3 is 2.57 bits per heavy atom. The van der Waals surface area contributed by atoms with Crippen LogP contribution in [-0.2, 0) is 4.74 Å². The first kappa shape index (κ1) is 15.2. The van der Waals surface area contributed by atoms with E-state index in [1.165, 1.54) is 0 Å². The van der Waals surface area contributed by atoms with Crippen LogP contribution in [0.15, 0.2) is 22.7 Å². The highest BCUT2D eigenvalue weighted by Crippen LogP contribution is 2.35. The highest BCUT2D eigenvalue weighted by molar-refractivity contribution is 5.60. The van der Waals surface area contributed by atoms with Crippen LogP contribution in [0, 0.1) is 23.7 Å². The topological polar surface area (TPSA) is 71.9 Å². The second kappa shape index (κ2) is 5.66. The minimum absolute atomic E-state index is 0.129. The van der Waals surface area contributed by atoms with Gasteiger partial charge in [-0.2, -0.15) is 10.2 Å². The Bertz CT molecular complexity index is 678. The lowest BCUT2D eigenvalue weighted by atomic mass is 9.88. The van der Waals surface area contributed by atoms with E-state index in [0.29, 0.717) is 17.3 Å². The van der Waals surface area contributed by atoms with Gasteiger partial charge in [0.2, 0.25) is 5.82 Å². The van der Waals surface area contributed by atoms with Crippen molar-refractivity contribution in [3.8, 4) is 17.5 Å². The van der Waals surface area contributed by atoms with Crippen LogP contribution < -0.4 is 0 Å². The van der Waals surface area contributed by atoms with Crippen molar-refractivity contribution >= 4 is 0 Å². The first-order chi connectivity index (χ1) is 9.86. The first-order valence-electron chi connectivity index (χ1n) is 6.74. The summed E-state index contributed by atoms with van der Waals surface area (Å²) in [5.74, 6) is 0.974. The summed E-state index contributed by atoms with van der Waals surface area (Å²) in [4.78, 5) is 4.45. The van der Waals surface area contributed by atoms with Crippen LogP contribution in [0.3, 0.4) is 0 Å². The van der Waals surface area contributed by atoms with Crippen molar-refractivity contribution in [3.05, 3.63) is 35.2 Å². The van der Waals surface area contributed by atoms with E-state index in [1.54, 1.807) is 19.2 Å². The minimum atomic E-state index is -0.242. The number of hydrogen-bond acceptors (Lipinski definition) is 5. The summed E-state index contributed by atoms with van der Waals surface area (Å²) in [5.41, 5.74) is 2.24. The zero-order valence-corrected chi connectivity index (χ0v) is 13.0. The molecule has 0 fully saturated rings. The molecule has 2 aromatic rings. The predicted octanol–water partition coefficient (Wildman–Crippen LogP) is 3.65. The zero-order chi connectivity index (χ0) is 15.6. The van der Waals surface area contributed by atoms with Gasteiger partial charge in [0.1, 0.15) is 6.10 Å². The summed E-state index contributed by atoms with van der Waals surface area (Å²) >= 11 is 0. The van der Waals surface area contributed by atoms with Gasteiger partial charge in [0, 0.05) is 12.7 Å². The molecule has 1 aromatic carbocycles. The zero-order valence-electron chi connectivity index (χ0n) is 13.0. The lowest BCUT2D eigenvalue weighted by Crippen LogP contribution is -2.21. The lowest BCUT2D eigenvalue weighted by Gasteiger charge is -2.26. The van der Waals surface area contributed by atoms with Crippen LogP contribution in [0.1, 0.15) is 43.8 Å². The Morgan fingerprint density at radius 1 is 1.33 bits per heavy atom. The van der Waals surface area contributed by atoms with E-state index in [0.717, 1.165) is 11.1 Å². The molecule has 110 valence electrons. The number of benzene rings is 1. The van der Waals surface area contributed by atoms with Crippen molar-refractivity contribution in [2.24, 2.45) is 5.41 Å². The third kappa shape index (κ3) is 3.11. The molecule has 1 heterocycles. The van der Waals surface area contributed by atoms with Gasteiger partial charge in [0.05, 0.1) is 11.6 Å². The predicted molar refractivity (Wildman–Crippen MR) is 78.4 cm³/mol. The number of aromatic nitrogens is 2. The SMILES string of the molecule is COC(c1noc(-c2ccc(C#N)cc2C)n1)C(C)(C)C. The number of nitriles is 1. The van der Waals surface area contributed by atoms with E-state index in [2.05, 4.69) is 37.0 Å². The molecule has 1 atom stereocenters. The van der Waals surface area contributed by atoms with Crippen LogP contribution in [0.4, 0.5) is 0 Å². The quantitative estimate of drug-likeness (QED) is 0.860. The molecule has 0 saturated carbocycles. The molecule has 5 heteroatoms. The second-order valence-electron chi connectivity index (χ2n) is 6.08. The summed E-state index contributed by atoms with van der Waals surface area (Å²) in [7, 11) is 1.64. The van der Waals surface area contributed by atoms with Crippen molar-refractivity contribution in [1.29, 1.82) is 5.26 Å². The molecule has 2 rings (SSSR count). The van der Waals surface area contributed by atoms with E-state index in [1.807, 2.05) is 13.0 Å². The van der Waals surface area contributed by atoms with E-state index in [-0.39, 0.29) is 11.5 Å². The van der Waals surface area contributed by atoms with Crippen molar-refractivity contribution in [2.45, 2.75) is 33.8 Å². The summed E-state index contributed by atoms with van der Waals surface area (Å²) in [6.45, 7) is 8.09. The standard InChI is InChI=1S/C16H19N3O2/c1-10-8-11(9-17)6-7-12(10)15-18-14(19-21-15)13(20-5)16(2,3)4/h6-8,13H,1-5H3. The fourth-order valence-corrected chi connectivity index (χ4v) is 2.27. The smallest absolute Gasteiger partial charge is 0.258 e. The normalized spacial score (nSPS) is 13.0. The lowest BCUT2D eigenvalue weighted by molar-refractivity contribution is 0.00718. The van der Waals surface area contributed by atoms with Crippen LogP contribution >= 0.6 is 0 Å². The van der Waals surface area contributed by atoms with Crippen molar-refractivity contribution in [2.75, 3.05) is 7.11 Å². The molecule has 0 radical (unpaired) electrons. The Labute approximate surface area is 124 Å². The second-order valence-corrected chi connectivity index (χ2v) is 6.08. The average Bonchev–Trinajstić information content (AvgIpc) is 2.86. The number of methoxy groups -OCH3 is 1. The van der Waals surface area contributed by atoms with Gasteiger partial charge in [-0.15, -0.1) is 0 Å². The molecule has 21 heavy (non-hydrogen) atoms. The number of nitrogens with zero attached hydrogens (tertiary/aromatic N) is 3. The van der Waals surface area contributed by atoms with Crippen LogP contribution in [-0.4, -0.2) is 17.3 Å². The van der Waals surface area contributed by atoms with Gasteiger partial charge in [-0.1, -0.05) is 25.9 Å². The maximum atomic E-state index is 8.90. The van der Waals surface area contributed by atoms with Crippen molar-refractivity contribution < 1.29 is 9.26 Å². The maximum absolute atomic E-state index is 8.90. The fourth-order valence-electron chi connectivity index (χ4n) is 2.27. The number of rotatable bonds is 3. The summed E-state index contributed by atoms with van der Waals surface area (Å²) < 4.78 is 10.8. The van der Waals surface area contributed by atoms with Crippen LogP contribution in [0.2, 0.25) is 0 Å². The number of hydrogen-bond donors (Lipinski definition) is 0. The Balaban J connectivity index is 2.39. The van der Waals surface area contributed by atoms with E-state index >= 15 is 0 Å². The van der Waals surface area contributed by atoms with Crippen molar-refractivity contribution in [3.63, 3.8) is 0 Å².